The molecule has 1 aliphatic heterocycles. The van der Waals surface area contributed by atoms with E-state index in [4.69, 9.17) is 10.5 Å². The van der Waals surface area contributed by atoms with Crippen molar-refractivity contribution < 1.29 is 18.9 Å². The average molecular weight is 310 g/mol. The number of nitrogens with zero attached hydrogens (tertiary/aromatic N) is 1. The molecule has 2 amide bonds. The largest absolute Gasteiger partial charge is 0.616 e. The van der Waals surface area contributed by atoms with Gasteiger partial charge >= 0.3 is 6.09 Å². The summed E-state index contributed by atoms with van der Waals surface area (Å²) in [6.07, 6.45) is -1.62. The van der Waals surface area contributed by atoms with E-state index in [1.165, 1.54) is 0 Å². The molecular weight excluding hydrogens is 292 g/mol. The molecule has 1 saturated heterocycles. The third kappa shape index (κ3) is 4.64. The van der Waals surface area contributed by atoms with Crippen LogP contribution in [0, 0.1) is 0 Å². The zero-order chi connectivity index (χ0) is 15.2. The molecule has 1 heterocycles. The Bertz CT molecular complexity index is 489. The van der Waals surface area contributed by atoms with Gasteiger partial charge in [0.25, 0.3) is 5.91 Å². The van der Waals surface area contributed by atoms with Gasteiger partial charge in [-0.25, -0.2) is 4.79 Å². The first kappa shape index (κ1) is 15.7. The fourth-order valence-corrected chi connectivity index (χ4v) is 3.26. The van der Waals surface area contributed by atoms with E-state index in [9.17, 15) is 14.1 Å². The highest BCUT2D eigenvalue weighted by Crippen LogP contribution is 2.12. The van der Waals surface area contributed by atoms with Gasteiger partial charge in [0.2, 0.25) is 0 Å². The van der Waals surface area contributed by atoms with E-state index < -0.39 is 23.4 Å². The molecule has 1 aromatic carbocycles. The quantitative estimate of drug-likeness (QED) is 0.808. The van der Waals surface area contributed by atoms with Crippen LogP contribution in [-0.2, 0) is 27.1 Å². The number of amides is 2. The predicted molar refractivity (Wildman–Crippen MR) is 79.1 cm³/mol. The Kier molecular flexibility index (Phi) is 5.46. The van der Waals surface area contributed by atoms with E-state index in [1.807, 2.05) is 30.3 Å². The summed E-state index contributed by atoms with van der Waals surface area (Å²) in [6.45, 7) is 0.831. The number of primary amides is 1. The van der Waals surface area contributed by atoms with Crippen LogP contribution >= 0.6 is 0 Å². The lowest BCUT2D eigenvalue weighted by molar-refractivity contribution is -0.139. The molecule has 0 bridgehead atoms. The van der Waals surface area contributed by atoms with Gasteiger partial charge in [0.05, 0.1) is 13.1 Å². The van der Waals surface area contributed by atoms with Crippen molar-refractivity contribution in [2.75, 3.05) is 24.6 Å². The molecule has 0 radical (unpaired) electrons. The maximum atomic E-state index is 12.4. The summed E-state index contributed by atoms with van der Waals surface area (Å²) in [5.74, 6) is 0.634. The van der Waals surface area contributed by atoms with Gasteiger partial charge in [-0.05, 0) is 5.56 Å². The Morgan fingerprint density at radius 2 is 1.90 bits per heavy atom. The highest BCUT2D eigenvalue weighted by atomic mass is 32.2. The first-order valence-corrected chi connectivity index (χ1v) is 8.19. The summed E-state index contributed by atoms with van der Waals surface area (Å²) in [6, 6.07) is 9.29. The van der Waals surface area contributed by atoms with Gasteiger partial charge in [0.15, 0.2) is 6.10 Å². The van der Waals surface area contributed by atoms with Crippen LogP contribution in [0.2, 0.25) is 0 Å². The highest BCUT2D eigenvalue weighted by Gasteiger charge is 2.31. The van der Waals surface area contributed by atoms with Gasteiger partial charge in [0, 0.05) is 6.42 Å². The van der Waals surface area contributed by atoms with Gasteiger partial charge in [-0.2, -0.15) is 0 Å². The molecule has 1 atom stereocenters. The number of hydrogen-bond acceptors (Lipinski definition) is 4. The number of carbonyl (C=O) groups excluding carboxylic acids is 2. The molecular formula is C14H18N2O4S. The minimum atomic E-state index is -0.968. The highest BCUT2D eigenvalue weighted by molar-refractivity contribution is 7.91. The molecule has 0 spiro atoms. The lowest BCUT2D eigenvalue weighted by atomic mass is 10.1. The van der Waals surface area contributed by atoms with Crippen molar-refractivity contribution in [1.82, 2.24) is 4.90 Å². The van der Waals surface area contributed by atoms with Crippen LogP contribution in [0.3, 0.4) is 0 Å². The Labute approximate surface area is 126 Å². The molecule has 0 aliphatic carbocycles. The predicted octanol–water partition coefficient (Wildman–Crippen LogP) is 0.284. The molecule has 114 valence electrons. The number of nitrogens with two attached hydrogens (primary N) is 1. The number of rotatable bonds is 4. The van der Waals surface area contributed by atoms with Gasteiger partial charge < -0.3 is 19.9 Å². The van der Waals surface area contributed by atoms with Gasteiger partial charge in [0.1, 0.15) is 11.5 Å². The number of hydrogen-bond donors (Lipinski definition) is 1. The third-order valence-corrected chi connectivity index (χ3v) is 4.56. The molecule has 1 unspecified atom stereocenters. The van der Waals surface area contributed by atoms with Crippen LogP contribution in [-0.4, -0.2) is 52.2 Å². The minimum absolute atomic E-state index is 0.280. The summed E-state index contributed by atoms with van der Waals surface area (Å²) >= 11 is -0.866. The molecule has 6 nitrogen and oxygen atoms in total. The van der Waals surface area contributed by atoms with E-state index in [-0.39, 0.29) is 12.3 Å². The lowest BCUT2D eigenvalue weighted by Crippen LogP contribution is -2.49. The molecule has 21 heavy (non-hydrogen) atoms. The van der Waals surface area contributed by atoms with Crippen LogP contribution in [0.5, 0.6) is 0 Å². The van der Waals surface area contributed by atoms with E-state index >= 15 is 0 Å². The summed E-state index contributed by atoms with van der Waals surface area (Å²) < 4.78 is 16.3. The fourth-order valence-electron chi connectivity index (χ4n) is 2.21. The van der Waals surface area contributed by atoms with Crippen molar-refractivity contribution in [3.8, 4) is 0 Å². The van der Waals surface area contributed by atoms with Crippen LogP contribution in [0.1, 0.15) is 5.56 Å². The maximum Gasteiger partial charge on any atom is 0.405 e. The fraction of sp³-hybridized carbons (Fsp3) is 0.429. The Morgan fingerprint density at radius 1 is 1.29 bits per heavy atom. The Hall–Kier alpha value is -1.73. The molecule has 7 heteroatoms. The monoisotopic (exact) mass is 310 g/mol. The van der Waals surface area contributed by atoms with E-state index in [0.717, 1.165) is 5.56 Å². The molecule has 0 aromatic heterocycles. The smallest absolute Gasteiger partial charge is 0.405 e. The van der Waals surface area contributed by atoms with Gasteiger partial charge in [-0.3, -0.25) is 4.79 Å². The maximum absolute atomic E-state index is 12.4. The summed E-state index contributed by atoms with van der Waals surface area (Å²) in [4.78, 5) is 25.0. The zero-order valence-electron chi connectivity index (χ0n) is 11.6. The second kappa shape index (κ2) is 7.33. The first-order chi connectivity index (χ1) is 10.1. The zero-order valence-corrected chi connectivity index (χ0v) is 12.4. The van der Waals surface area contributed by atoms with Crippen molar-refractivity contribution in [2.24, 2.45) is 5.73 Å². The minimum Gasteiger partial charge on any atom is -0.616 e. The number of ether oxygens (including phenoxy) is 1. The molecule has 1 fully saturated rings. The SMILES string of the molecule is NC(=O)OC(Cc1ccccc1)C(=O)N1CC[S+]([O-])CC1. The van der Waals surface area contributed by atoms with E-state index in [2.05, 4.69) is 0 Å². The average Bonchev–Trinajstić information content (AvgIpc) is 2.47. The Morgan fingerprint density at radius 3 is 2.48 bits per heavy atom. The van der Waals surface area contributed by atoms with Crippen LogP contribution < -0.4 is 5.73 Å². The second-order valence-corrected chi connectivity index (χ2v) is 6.48. The van der Waals surface area contributed by atoms with Gasteiger partial charge in [-0.1, -0.05) is 41.5 Å². The first-order valence-electron chi connectivity index (χ1n) is 6.70. The van der Waals surface area contributed by atoms with Crippen LogP contribution in [0.15, 0.2) is 30.3 Å². The number of carbonyl (C=O) groups is 2. The third-order valence-electron chi connectivity index (χ3n) is 3.29. The molecule has 2 N–H and O–H groups in total. The van der Waals surface area contributed by atoms with Crippen molar-refractivity contribution in [2.45, 2.75) is 12.5 Å². The van der Waals surface area contributed by atoms with E-state index in [0.29, 0.717) is 24.6 Å². The van der Waals surface area contributed by atoms with Crippen LogP contribution in [0.4, 0.5) is 4.79 Å². The Balaban J connectivity index is 2.04. The topological polar surface area (TPSA) is 95.7 Å². The summed E-state index contributed by atoms with van der Waals surface area (Å²) in [5.41, 5.74) is 5.94. The second-order valence-electron chi connectivity index (χ2n) is 4.79. The summed E-state index contributed by atoms with van der Waals surface area (Å²) in [5, 5.41) is 0. The van der Waals surface area contributed by atoms with Crippen molar-refractivity contribution in [3.63, 3.8) is 0 Å². The molecule has 0 saturated carbocycles. The molecule has 1 aromatic rings. The van der Waals surface area contributed by atoms with Crippen molar-refractivity contribution >= 4 is 23.2 Å². The number of benzene rings is 1. The normalized spacial score (nSPS) is 17.3. The summed E-state index contributed by atoms with van der Waals surface area (Å²) in [7, 11) is 0. The van der Waals surface area contributed by atoms with Crippen molar-refractivity contribution in [3.05, 3.63) is 35.9 Å². The standard InChI is InChI=1S/C14H18N2O4S/c15-14(18)20-12(10-11-4-2-1-3-5-11)13(17)16-6-8-21(19)9-7-16/h1-5,12H,6-10H2,(H2,15,18). The van der Waals surface area contributed by atoms with E-state index in [1.54, 1.807) is 4.90 Å². The molecule has 1 aliphatic rings. The van der Waals surface area contributed by atoms with Gasteiger partial charge in [-0.15, -0.1) is 0 Å². The molecule has 2 rings (SSSR count). The lowest BCUT2D eigenvalue weighted by Gasteiger charge is -2.30. The van der Waals surface area contributed by atoms with Crippen LogP contribution in [0.25, 0.3) is 0 Å². The van der Waals surface area contributed by atoms with Crippen molar-refractivity contribution in [1.29, 1.82) is 0 Å².